The number of halogens is 1. The van der Waals surface area contributed by atoms with E-state index in [1.54, 1.807) is 6.07 Å². The number of nitrogens with one attached hydrogen (secondary N) is 1. The van der Waals surface area contributed by atoms with Gasteiger partial charge in [0.2, 0.25) is 0 Å². The van der Waals surface area contributed by atoms with E-state index in [1.807, 2.05) is 38.1 Å². The number of nitrogens with zero attached hydrogens (tertiary/aromatic N) is 1. The third-order valence-electron chi connectivity index (χ3n) is 3.31. The van der Waals surface area contributed by atoms with Crippen molar-refractivity contribution in [1.29, 1.82) is 5.26 Å². The predicted octanol–water partition coefficient (Wildman–Crippen LogP) is 3.97. The normalized spacial score (nSPS) is 10.1. The average molecular weight is 268 g/mol. The van der Waals surface area contributed by atoms with Gasteiger partial charge in [-0.3, -0.25) is 0 Å². The zero-order valence-electron chi connectivity index (χ0n) is 11.7. The van der Waals surface area contributed by atoms with Gasteiger partial charge in [0.1, 0.15) is 11.9 Å². The fourth-order valence-electron chi connectivity index (χ4n) is 2.18. The first-order valence-corrected chi connectivity index (χ1v) is 6.60. The molecule has 0 aliphatic heterocycles. The molecule has 3 heteroatoms. The molecule has 0 aliphatic rings. The van der Waals surface area contributed by atoms with Crippen molar-refractivity contribution in [2.24, 2.45) is 0 Å². The maximum Gasteiger partial charge on any atom is 0.123 e. The summed E-state index contributed by atoms with van der Waals surface area (Å²) in [6.07, 6.45) is 0.796. The molecule has 0 fully saturated rings. The maximum atomic E-state index is 13.0. The highest BCUT2D eigenvalue weighted by molar-refractivity contribution is 5.58. The number of rotatable bonds is 4. The minimum Gasteiger partial charge on any atom is -0.384 e. The van der Waals surface area contributed by atoms with Gasteiger partial charge in [-0.2, -0.15) is 5.26 Å². The lowest BCUT2D eigenvalue weighted by Crippen LogP contribution is -2.07. The van der Waals surface area contributed by atoms with Gasteiger partial charge in [0.15, 0.2) is 0 Å². The van der Waals surface area contributed by atoms with Gasteiger partial charge in [-0.05, 0) is 61.2 Å². The van der Waals surface area contributed by atoms with Gasteiger partial charge < -0.3 is 5.32 Å². The number of anilines is 1. The smallest absolute Gasteiger partial charge is 0.123 e. The zero-order valence-corrected chi connectivity index (χ0v) is 11.7. The summed E-state index contributed by atoms with van der Waals surface area (Å²) in [5.41, 5.74) is 4.64. The minimum atomic E-state index is -0.204. The molecule has 0 atom stereocenters. The van der Waals surface area contributed by atoms with E-state index in [9.17, 15) is 4.39 Å². The summed E-state index contributed by atoms with van der Waals surface area (Å²) in [7, 11) is 0. The van der Waals surface area contributed by atoms with Crippen LogP contribution in [0.25, 0.3) is 0 Å². The molecule has 102 valence electrons. The van der Waals surface area contributed by atoms with E-state index in [2.05, 4.69) is 11.4 Å². The van der Waals surface area contributed by atoms with Crippen LogP contribution in [-0.4, -0.2) is 6.54 Å². The molecule has 0 radical (unpaired) electrons. The van der Waals surface area contributed by atoms with Crippen molar-refractivity contribution in [3.63, 3.8) is 0 Å². The van der Waals surface area contributed by atoms with Gasteiger partial charge >= 0.3 is 0 Å². The van der Waals surface area contributed by atoms with Crippen molar-refractivity contribution in [2.45, 2.75) is 20.3 Å². The summed E-state index contributed by atoms with van der Waals surface area (Å²) in [6, 6.07) is 12.8. The lowest BCUT2D eigenvalue weighted by molar-refractivity contribution is 0.625. The standard InChI is InChI=1S/C17H17FN2/c1-12-3-6-17(15(9-12)11-19)20-8-7-14-4-5-16(18)10-13(14)2/h3-6,9-10,20H,7-8H2,1-2H3. The van der Waals surface area contributed by atoms with Crippen molar-refractivity contribution in [2.75, 3.05) is 11.9 Å². The lowest BCUT2D eigenvalue weighted by atomic mass is 10.1. The molecule has 0 heterocycles. The van der Waals surface area contributed by atoms with Crippen molar-refractivity contribution < 1.29 is 4.39 Å². The number of benzene rings is 2. The molecule has 0 aliphatic carbocycles. The van der Waals surface area contributed by atoms with E-state index in [0.29, 0.717) is 12.1 Å². The van der Waals surface area contributed by atoms with Crippen LogP contribution >= 0.6 is 0 Å². The highest BCUT2D eigenvalue weighted by Crippen LogP contribution is 2.17. The van der Waals surface area contributed by atoms with Crippen molar-refractivity contribution in [1.82, 2.24) is 0 Å². The van der Waals surface area contributed by atoms with Crippen LogP contribution in [0.5, 0.6) is 0 Å². The van der Waals surface area contributed by atoms with Crippen LogP contribution in [0, 0.1) is 31.0 Å². The molecule has 2 aromatic rings. The van der Waals surface area contributed by atoms with Crippen LogP contribution in [0.1, 0.15) is 22.3 Å². The van der Waals surface area contributed by atoms with E-state index in [0.717, 1.165) is 28.8 Å². The summed E-state index contributed by atoms with van der Waals surface area (Å²) in [5.74, 6) is -0.204. The number of aryl methyl sites for hydroxylation is 2. The van der Waals surface area contributed by atoms with Crippen LogP contribution in [0.2, 0.25) is 0 Å². The number of hydrogen-bond acceptors (Lipinski definition) is 2. The maximum absolute atomic E-state index is 13.0. The number of hydrogen-bond donors (Lipinski definition) is 1. The molecule has 2 rings (SSSR count). The molecule has 0 aromatic heterocycles. The third-order valence-corrected chi connectivity index (χ3v) is 3.31. The molecular weight excluding hydrogens is 251 g/mol. The van der Waals surface area contributed by atoms with E-state index in [1.165, 1.54) is 6.07 Å². The van der Waals surface area contributed by atoms with Gasteiger partial charge in [0.05, 0.1) is 11.3 Å². The fourth-order valence-corrected chi connectivity index (χ4v) is 2.18. The second-order valence-corrected chi connectivity index (χ2v) is 4.91. The SMILES string of the molecule is Cc1ccc(NCCc2ccc(F)cc2C)c(C#N)c1. The quantitative estimate of drug-likeness (QED) is 0.910. The Labute approximate surface area is 118 Å². The van der Waals surface area contributed by atoms with Gasteiger partial charge in [-0.15, -0.1) is 0 Å². The third kappa shape index (κ3) is 3.36. The van der Waals surface area contributed by atoms with Gasteiger partial charge in [-0.1, -0.05) is 12.1 Å². The molecule has 20 heavy (non-hydrogen) atoms. The van der Waals surface area contributed by atoms with Crippen LogP contribution in [-0.2, 0) is 6.42 Å². The van der Waals surface area contributed by atoms with Crippen LogP contribution in [0.4, 0.5) is 10.1 Å². The average Bonchev–Trinajstić information content (AvgIpc) is 2.42. The summed E-state index contributed by atoms with van der Waals surface area (Å²) < 4.78 is 13.0. The predicted molar refractivity (Wildman–Crippen MR) is 79.2 cm³/mol. The van der Waals surface area contributed by atoms with Gasteiger partial charge in [-0.25, -0.2) is 4.39 Å². The van der Waals surface area contributed by atoms with E-state index in [-0.39, 0.29) is 5.82 Å². The molecule has 0 unspecified atom stereocenters. The minimum absolute atomic E-state index is 0.204. The summed E-state index contributed by atoms with van der Waals surface area (Å²) >= 11 is 0. The van der Waals surface area contributed by atoms with Gasteiger partial charge in [0, 0.05) is 6.54 Å². The van der Waals surface area contributed by atoms with Crippen LogP contribution < -0.4 is 5.32 Å². The van der Waals surface area contributed by atoms with E-state index >= 15 is 0 Å². The Bertz CT molecular complexity index is 657. The molecule has 2 nitrogen and oxygen atoms in total. The molecule has 1 N–H and O–H groups in total. The first-order chi connectivity index (χ1) is 9.60. The van der Waals surface area contributed by atoms with Crippen LogP contribution in [0.15, 0.2) is 36.4 Å². The molecule has 2 aromatic carbocycles. The summed E-state index contributed by atoms with van der Waals surface area (Å²) in [6.45, 7) is 4.59. The molecule has 0 spiro atoms. The molecule has 0 saturated carbocycles. The van der Waals surface area contributed by atoms with Gasteiger partial charge in [0.25, 0.3) is 0 Å². The molecule has 0 bridgehead atoms. The first-order valence-electron chi connectivity index (χ1n) is 6.60. The highest BCUT2D eigenvalue weighted by atomic mass is 19.1. The monoisotopic (exact) mass is 268 g/mol. The molecule has 0 saturated heterocycles. The summed E-state index contributed by atoms with van der Waals surface area (Å²) in [4.78, 5) is 0. The first kappa shape index (κ1) is 14.1. The highest BCUT2D eigenvalue weighted by Gasteiger charge is 2.03. The summed E-state index contributed by atoms with van der Waals surface area (Å²) in [5, 5.41) is 12.4. The topological polar surface area (TPSA) is 35.8 Å². The van der Waals surface area contributed by atoms with Crippen molar-refractivity contribution in [3.8, 4) is 6.07 Å². The zero-order chi connectivity index (χ0) is 14.5. The Morgan fingerprint density at radius 2 is 1.95 bits per heavy atom. The second kappa shape index (κ2) is 6.21. The Morgan fingerprint density at radius 1 is 1.15 bits per heavy atom. The fraction of sp³-hybridized carbons (Fsp3) is 0.235. The Balaban J connectivity index is 2.01. The number of nitriles is 1. The molecule has 0 amide bonds. The lowest BCUT2D eigenvalue weighted by Gasteiger charge is -2.10. The Morgan fingerprint density at radius 3 is 2.65 bits per heavy atom. The molecular formula is C17H17FN2. The van der Waals surface area contributed by atoms with Crippen molar-refractivity contribution in [3.05, 3.63) is 64.5 Å². The van der Waals surface area contributed by atoms with E-state index < -0.39 is 0 Å². The van der Waals surface area contributed by atoms with Crippen molar-refractivity contribution >= 4 is 5.69 Å². The van der Waals surface area contributed by atoms with E-state index in [4.69, 9.17) is 5.26 Å². The van der Waals surface area contributed by atoms with Crippen LogP contribution in [0.3, 0.4) is 0 Å². The second-order valence-electron chi connectivity index (χ2n) is 4.91. The Kier molecular flexibility index (Phi) is 4.37. The Hall–Kier alpha value is -2.34. The largest absolute Gasteiger partial charge is 0.384 e.